The van der Waals surface area contributed by atoms with Crippen LogP contribution in [0, 0.1) is 11.3 Å². The van der Waals surface area contributed by atoms with E-state index < -0.39 is 44.4 Å². The van der Waals surface area contributed by atoms with Crippen LogP contribution in [0.1, 0.15) is 36.8 Å². The predicted octanol–water partition coefficient (Wildman–Crippen LogP) is 2.16. The number of nitrogens with zero attached hydrogens (tertiary/aromatic N) is 1. The Hall–Kier alpha value is -1.63. The van der Waals surface area contributed by atoms with Crippen molar-refractivity contribution in [2.45, 2.75) is 48.9 Å². The fraction of sp³-hybridized carbons (Fsp3) is 0.500. The highest BCUT2D eigenvalue weighted by atomic mass is 32.2. The second kappa shape index (κ2) is 6.47. The summed E-state index contributed by atoms with van der Waals surface area (Å²) in [7, 11) is -4.22. The number of aliphatic hydroxyl groups excluding tert-OH is 1. The number of rotatable bonds is 3. The summed E-state index contributed by atoms with van der Waals surface area (Å²) in [5.41, 5.74) is -1.94. The van der Waals surface area contributed by atoms with Gasteiger partial charge in [-0.25, -0.2) is 13.1 Å². The van der Waals surface area contributed by atoms with E-state index in [2.05, 4.69) is 4.72 Å². The number of hydrogen-bond donors (Lipinski definition) is 2. The first-order valence-corrected chi connectivity index (χ1v) is 8.45. The van der Waals surface area contributed by atoms with E-state index in [0.29, 0.717) is 18.9 Å². The number of hydrogen-bond acceptors (Lipinski definition) is 4. The van der Waals surface area contributed by atoms with Crippen LogP contribution in [0.25, 0.3) is 0 Å². The van der Waals surface area contributed by atoms with Gasteiger partial charge in [-0.1, -0.05) is 12.8 Å². The van der Waals surface area contributed by atoms with Crippen LogP contribution < -0.4 is 4.72 Å². The van der Waals surface area contributed by atoms with E-state index in [1.165, 1.54) is 6.07 Å². The summed E-state index contributed by atoms with van der Waals surface area (Å²) in [5, 5.41) is 18.5. The Bertz CT molecular complexity index is 726. The lowest BCUT2D eigenvalue weighted by Gasteiger charge is -2.28. The molecule has 5 nitrogen and oxygen atoms in total. The first-order valence-electron chi connectivity index (χ1n) is 6.97. The quantitative estimate of drug-likeness (QED) is 0.876. The molecule has 0 spiro atoms. The van der Waals surface area contributed by atoms with Crippen molar-refractivity contribution in [1.29, 1.82) is 5.26 Å². The Labute approximate surface area is 131 Å². The molecule has 1 aliphatic rings. The van der Waals surface area contributed by atoms with Crippen molar-refractivity contribution in [2.24, 2.45) is 0 Å². The molecule has 1 aromatic rings. The third-order valence-electron chi connectivity index (χ3n) is 3.76. The van der Waals surface area contributed by atoms with Crippen LogP contribution in [0.2, 0.25) is 0 Å². The maximum atomic E-state index is 12.9. The molecule has 1 fully saturated rings. The second-order valence-electron chi connectivity index (χ2n) is 5.40. The average Bonchev–Trinajstić information content (AvgIpc) is 2.48. The van der Waals surface area contributed by atoms with E-state index >= 15 is 0 Å². The third kappa shape index (κ3) is 4.02. The lowest BCUT2D eigenvalue weighted by atomic mass is 9.93. The standard InChI is InChI=1S/C14H15F3N2O3S/c15-14(16,17)11-7-10(6-5-9(11)8-18)23(21,22)19-12-3-1-2-4-13(12)20/h5-7,12-13,19-20H,1-4H2/t12-,13-/m0/s1. The van der Waals surface area contributed by atoms with E-state index in [0.717, 1.165) is 25.0 Å². The Kier molecular flexibility index (Phi) is 4.98. The molecule has 2 N–H and O–H groups in total. The number of nitriles is 1. The molecule has 1 aliphatic carbocycles. The summed E-state index contributed by atoms with van der Waals surface area (Å²) in [5.74, 6) is 0. The predicted molar refractivity (Wildman–Crippen MR) is 74.7 cm³/mol. The summed E-state index contributed by atoms with van der Waals surface area (Å²) >= 11 is 0. The maximum Gasteiger partial charge on any atom is 0.417 e. The van der Waals surface area contributed by atoms with Crippen LogP contribution in [0.3, 0.4) is 0 Å². The topological polar surface area (TPSA) is 90.2 Å². The van der Waals surface area contributed by atoms with Crippen molar-refractivity contribution >= 4 is 10.0 Å². The van der Waals surface area contributed by atoms with Gasteiger partial charge in [0.2, 0.25) is 10.0 Å². The molecule has 0 aliphatic heterocycles. The molecule has 2 rings (SSSR count). The first-order chi connectivity index (χ1) is 10.6. The van der Waals surface area contributed by atoms with Crippen molar-refractivity contribution in [1.82, 2.24) is 4.72 Å². The third-order valence-corrected chi connectivity index (χ3v) is 5.25. The minimum absolute atomic E-state index is 0.419. The van der Waals surface area contributed by atoms with Gasteiger partial charge in [0.1, 0.15) is 0 Å². The molecule has 9 heteroatoms. The zero-order valence-electron chi connectivity index (χ0n) is 12.0. The molecule has 0 heterocycles. The normalized spacial score (nSPS) is 22.6. The van der Waals surface area contributed by atoms with Crippen molar-refractivity contribution in [3.8, 4) is 6.07 Å². The van der Waals surface area contributed by atoms with Gasteiger partial charge in [-0.05, 0) is 31.0 Å². The molecule has 0 aromatic heterocycles. The maximum absolute atomic E-state index is 12.9. The summed E-state index contributed by atoms with van der Waals surface area (Å²) in [6.45, 7) is 0. The van der Waals surface area contributed by atoms with E-state index in [4.69, 9.17) is 5.26 Å². The molecule has 0 saturated heterocycles. The van der Waals surface area contributed by atoms with E-state index in [-0.39, 0.29) is 0 Å². The van der Waals surface area contributed by atoms with E-state index in [1.807, 2.05) is 0 Å². The minimum atomic E-state index is -4.83. The van der Waals surface area contributed by atoms with Crippen LogP contribution in [-0.2, 0) is 16.2 Å². The Morgan fingerprint density at radius 2 is 1.91 bits per heavy atom. The molecular formula is C14H15F3N2O3S. The number of alkyl halides is 3. The van der Waals surface area contributed by atoms with Crippen molar-refractivity contribution in [3.63, 3.8) is 0 Å². The number of benzene rings is 1. The van der Waals surface area contributed by atoms with Gasteiger partial charge < -0.3 is 5.11 Å². The Balaban J connectivity index is 2.35. The molecule has 1 aromatic carbocycles. The van der Waals surface area contributed by atoms with Crippen LogP contribution in [0.4, 0.5) is 13.2 Å². The summed E-state index contributed by atoms with van der Waals surface area (Å²) in [6, 6.07) is 2.89. The van der Waals surface area contributed by atoms with Crippen molar-refractivity contribution < 1.29 is 26.7 Å². The Morgan fingerprint density at radius 3 is 2.48 bits per heavy atom. The lowest BCUT2D eigenvalue weighted by Crippen LogP contribution is -2.45. The van der Waals surface area contributed by atoms with Gasteiger partial charge in [0.05, 0.1) is 28.2 Å². The van der Waals surface area contributed by atoms with E-state index in [1.54, 1.807) is 0 Å². The molecule has 0 bridgehead atoms. The zero-order valence-corrected chi connectivity index (χ0v) is 12.8. The van der Waals surface area contributed by atoms with Gasteiger partial charge in [-0.15, -0.1) is 0 Å². The van der Waals surface area contributed by atoms with Gasteiger partial charge in [-0.3, -0.25) is 0 Å². The van der Waals surface area contributed by atoms with Gasteiger partial charge in [0, 0.05) is 6.04 Å². The fourth-order valence-corrected chi connectivity index (χ4v) is 3.87. The number of halogens is 3. The van der Waals surface area contributed by atoms with Crippen molar-refractivity contribution in [2.75, 3.05) is 0 Å². The summed E-state index contributed by atoms with van der Waals surface area (Å²) in [4.78, 5) is -0.582. The molecule has 0 amide bonds. The molecule has 23 heavy (non-hydrogen) atoms. The number of aliphatic hydroxyl groups is 1. The molecule has 126 valence electrons. The number of sulfonamides is 1. The largest absolute Gasteiger partial charge is 0.417 e. The molecule has 2 atom stereocenters. The monoisotopic (exact) mass is 348 g/mol. The first kappa shape index (κ1) is 17.7. The zero-order chi connectivity index (χ0) is 17.3. The van der Waals surface area contributed by atoms with Gasteiger partial charge in [0.15, 0.2) is 0 Å². The highest BCUT2D eigenvalue weighted by Gasteiger charge is 2.35. The second-order valence-corrected chi connectivity index (χ2v) is 7.11. The van der Waals surface area contributed by atoms with Crippen LogP contribution in [0.15, 0.2) is 23.1 Å². The fourth-order valence-electron chi connectivity index (χ4n) is 2.54. The highest BCUT2D eigenvalue weighted by Crippen LogP contribution is 2.33. The molecule has 0 unspecified atom stereocenters. The number of nitrogens with one attached hydrogen (secondary N) is 1. The summed E-state index contributed by atoms with van der Waals surface area (Å²) < 4.78 is 65.5. The Morgan fingerprint density at radius 1 is 1.26 bits per heavy atom. The average molecular weight is 348 g/mol. The SMILES string of the molecule is N#Cc1ccc(S(=O)(=O)N[C@H]2CCCC[C@@H]2O)cc1C(F)(F)F. The van der Waals surface area contributed by atoms with Gasteiger partial charge >= 0.3 is 6.18 Å². The van der Waals surface area contributed by atoms with Gasteiger partial charge in [0.25, 0.3) is 0 Å². The minimum Gasteiger partial charge on any atom is -0.391 e. The molecular weight excluding hydrogens is 333 g/mol. The van der Waals surface area contributed by atoms with Crippen LogP contribution in [-0.4, -0.2) is 25.7 Å². The summed E-state index contributed by atoms with van der Waals surface area (Å²) in [6.07, 6.45) is -3.34. The molecule has 0 radical (unpaired) electrons. The van der Waals surface area contributed by atoms with Gasteiger partial charge in [-0.2, -0.15) is 18.4 Å². The molecule has 1 saturated carbocycles. The van der Waals surface area contributed by atoms with Crippen LogP contribution in [0.5, 0.6) is 0 Å². The van der Waals surface area contributed by atoms with Crippen LogP contribution >= 0.6 is 0 Å². The highest BCUT2D eigenvalue weighted by molar-refractivity contribution is 7.89. The smallest absolute Gasteiger partial charge is 0.391 e. The lowest BCUT2D eigenvalue weighted by molar-refractivity contribution is -0.137. The van der Waals surface area contributed by atoms with E-state index in [9.17, 15) is 26.7 Å². The van der Waals surface area contributed by atoms with Crippen molar-refractivity contribution in [3.05, 3.63) is 29.3 Å².